The number of aryl methyl sites for hydroxylation is 1. The lowest BCUT2D eigenvalue weighted by atomic mass is 10.1. The van der Waals surface area contributed by atoms with Crippen LogP contribution in [0, 0.1) is 6.92 Å². The average Bonchev–Trinajstić information content (AvgIpc) is 2.41. The van der Waals surface area contributed by atoms with E-state index < -0.39 is 0 Å². The van der Waals surface area contributed by atoms with E-state index in [2.05, 4.69) is 34.2 Å². The summed E-state index contributed by atoms with van der Waals surface area (Å²) in [4.78, 5) is 23.2. The molecule has 0 saturated carbocycles. The molecule has 1 amide bonds. The Bertz CT molecular complexity index is 472. The molecule has 5 nitrogen and oxygen atoms in total. The molecule has 1 fully saturated rings. The fourth-order valence-corrected chi connectivity index (χ4v) is 2.89. The van der Waals surface area contributed by atoms with Crippen molar-refractivity contribution in [3.8, 4) is 0 Å². The first-order valence-electron chi connectivity index (χ1n) is 7.06. The zero-order valence-electron chi connectivity index (χ0n) is 12.3. The maximum atomic E-state index is 12.3. The van der Waals surface area contributed by atoms with Gasteiger partial charge in [0.1, 0.15) is 5.69 Å². The van der Waals surface area contributed by atoms with Crippen LogP contribution in [-0.2, 0) is 0 Å². The molecule has 1 aromatic rings. The number of amides is 1. The number of carbonyl (C=O) groups excluding carboxylic acids is 1. The van der Waals surface area contributed by atoms with Crippen LogP contribution in [-0.4, -0.2) is 52.7 Å². The van der Waals surface area contributed by atoms with Gasteiger partial charge in [-0.2, -0.15) is 0 Å². The van der Waals surface area contributed by atoms with Gasteiger partial charge in [0.05, 0.1) is 0 Å². The van der Waals surface area contributed by atoms with Crippen LogP contribution in [0.1, 0.15) is 35.9 Å². The van der Waals surface area contributed by atoms with Crippen molar-refractivity contribution in [3.05, 3.63) is 17.5 Å². The van der Waals surface area contributed by atoms with E-state index in [1.807, 2.05) is 6.92 Å². The molecule has 0 aromatic carbocycles. The van der Waals surface area contributed by atoms with Crippen molar-refractivity contribution in [2.75, 3.05) is 25.9 Å². The summed E-state index contributed by atoms with van der Waals surface area (Å²) in [5, 5.41) is 3.77. The highest BCUT2D eigenvalue weighted by molar-refractivity contribution is 7.99. The van der Waals surface area contributed by atoms with Gasteiger partial charge >= 0.3 is 0 Å². The first-order valence-corrected chi connectivity index (χ1v) is 8.05. The molecule has 0 radical (unpaired) electrons. The van der Waals surface area contributed by atoms with E-state index in [4.69, 9.17) is 0 Å². The smallest absolute Gasteiger partial charge is 0.270 e. The van der Waals surface area contributed by atoms with E-state index >= 15 is 0 Å². The van der Waals surface area contributed by atoms with Crippen molar-refractivity contribution in [2.24, 2.45) is 0 Å². The molecule has 20 heavy (non-hydrogen) atoms. The normalized spacial score (nSPS) is 17.1. The van der Waals surface area contributed by atoms with E-state index in [1.54, 1.807) is 17.8 Å². The summed E-state index contributed by atoms with van der Waals surface area (Å²) in [6.45, 7) is 6.01. The standard InChI is InChI=1S/C14H22N4OS/c1-4-20-14-15-10(2)9-12(17-14)13(19)16-11-5-7-18(3)8-6-11/h9,11H,4-8H2,1-3H3,(H,16,19). The third-order valence-corrected chi connectivity index (χ3v) is 4.12. The van der Waals surface area contributed by atoms with Crippen molar-refractivity contribution in [3.63, 3.8) is 0 Å². The molecule has 0 bridgehead atoms. The second kappa shape index (κ2) is 7.04. The Morgan fingerprint density at radius 1 is 1.45 bits per heavy atom. The Kier molecular flexibility index (Phi) is 5.37. The molecule has 2 heterocycles. The Balaban J connectivity index is 2.01. The number of likely N-dealkylation sites (tertiary alicyclic amines) is 1. The summed E-state index contributed by atoms with van der Waals surface area (Å²) >= 11 is 1.56. The predicted molar refractivity (Wildman–Crippen MR) is 81.2 cm³/mol. The van der Waals surface area contributed by atoms with Crippen LogP contribution in [0.15, 0.2) is 11.2 Å². The first-order chi connectivity index (χ1) is 9.58. The van der Waals surface area contributed by atoms with Gasteiger partial charge in [0.25, 0.3) is 5.91 Å². The molecule has 1 N–H and O–H groups in total. The number of hydrogen-bond acceptors (Lipinski definition) is 5. The van der Waals surface area contributed by atoms with Crippen molar-refractivity contribution in [2.45, 2.75) is 37.9 Å². The zero-order valence-corrected chi connectivity index (χ0v) is 13.2. The lowest BCUT2D eigenvalue weighted by Crippen LogP contribution is -2.43. The number of nitrogens with zero attached hydrogens (tertiary/aromatic N) is 3. The SMILES string of the molecule is CCSc1nc(C)cc(C(=O)NC2CCN(C)CC2)n1. The minimum atomic E-state index is -0.0805. The van der Waals surface area contributed by atoms with Gasteiger partial charge in [-0.3, -0.25) is 4.79 Å². The molecule has 1 aliphatic heterocycles. The number of aromatic nitrogens is 2. The third-order valence-electron chi connectivity index (χ3n) is 3.39. The van der Waals surface area contributed by atoms with Crippen LogP contribution in [0.2, 0.25) is 0 Å². The van der Waals surface area contributed by atoms with Crippen LogP contribution in [0.4, 0.5) is 0 Å². The predicted octanol–water partition coefficient (Wildman–Crippen LogP) is 1.72. The first kappa shape index (κ1) is 15.3. The summed E-state index contributed by atoms with van der Waals surface area (Å²) < 4.78 is 0. The maximum Gasteiger partial charge on any atom is 0.270 e. The molecule has 6 heteroatoms. The number of thioether (sulfide) groups is 1. The monoisotopic (exact) mass is 294 g/mol. The maximum absolute atomic E-state index is 12.3. The minimum absolute atomic E-state index is 0.0805. The highest BCUT2D eigenvalue weighted by Crippen LogP contribution is 2.14. The molecule has 0 spiro atoms. The fraction of sp³-hybridized carbons (Fsp3) is 0.643. The molecule has 0 unspecified atom stereocenters. The van der Waals surface area contributed by atoms with Gasteiger partial charge in [0.15, 0.2) is 5.16 Å². The second-order valence-electron chi connectivity index (χ2n) is 5.16. The Hall–Kier alpha value is -1.14. The molecule has 0 aliphatic carbocycles. The van der Waals surface area contributed by atoms with Crippen molar-refractivity contribution >= 4 is 17.7 Å². The van der Waals surface area contributed by atoms with Gasteiger partial charge < -0.3 is 10.2 Å². The van der Waals surface area contributed by atoms with E-state index in [0.29, 0.717) is 10.9 Å². The van der Waals surface area contributed by atoms with Crippen molar-refractivity contribution in [1.29, 1.82) is 0 Å². The highest BCUT2D eigenvalue weighted by Gasteiger charge is 2.20. The summed E-state index contributed by atoms with van der Waals surface area (Å²) in [6.07, 6.45) is 2.01. The fourth-order valence-electron chi connectivity index (χ4n) is 2.26. The number of carbonyl (C=O) groups is 1. The average molecular weight is 294 g/mol. The topological polar surface area (TPSA) is 58.1 Å². The summed E-state index contributed by atoms with van der Waals surface area (Å²) in [5.41, 5.74) is 1.32. The van der Waals surface area contributed by atoms with Gasteiger partial charge in [-0.05, 0) is 51.7 Å². The molecule has 1 aliphatic rings. The Labute approximate surface area is 124 Å². The van der Waals surface area contributed by atoms with E-state index in [9.17, 15) is 4.79 Å². The highest BCUT2D eigenvalue weighted by atomic mass is 32.2. The molecular weight excluding hydrogens is 272 g/mol. The van der Waals surface area contributed by atoms with E-state index in [1.165, 1.54) is 0 Å². The molecule has 2 rings (SSSR count). The quantitative estimate of drug-likeness (QED) is 0.677. The summed E-state index contributed by atoms with van der Waals surface area (Å²) in [7, 11) is 2.11. The van der Waals surface area contributed by atoms with Crippen LogP contribution in [0.3, 0.4) is 0 Å². The van der Waals surface area contributed by atoms with Crippen LogP contribution >= 0.6 is 11.8 Å². The van der Waals surface area contributed by atoms with Crippen molar-refractivity contribution in [1.82, 2.24) is 20.2 Å². The molecule has 0 atom stereocenters. The van der Waals surface area contributed by atoms with E-state index in [-0.39, 0.29) is 11.9 Å². The molecule has 1 aromatic heterocycles. The van der Waals surface area contributed by atoms with E-state index in [0.717, 1.165) is 37.4 Å². The Morgan fingerprint density at radius 3 is 2.80 bits per heavy atom. The van der Waals surface area contributed by atoms with Gasteiger partial charge in [-0.15, -0.1) is 0 Å². The lowest BCUT2D eigenvalue weighted by molar-refractivity contribution is 0.0910. The largest absolute Gasteiger partial charge is 0.348 e. The van der Waals surface area contributed by atoms with Crippen LogP contribution in [0.5, 0.6) is 0 Å². The summed E-state index contributed by atoms with van der Waals surface area (Å²) in [6, 6.07) is 2.01. The van der Waals surface area contributed by atoms with Gasteiger partial charge in [0.2, 0.25) is 0 Å². The number of hydrogen-bond donors (Lipinski definition) is 1. The third kappa shape index (κ3) is 4.18. The zero-order chi connectivity index (χ0) is 14.5. The number of rotatable bonds is 4. The van der Waals surface area contributed by atoms with Gasteiger partial charge in [-0.1, -0.05) is 18.7 Å². The second-order valence-corrected chi connectivity index (χ2v) is 6.39. The van der Waals surface area contributed by atoms with Crippen LogP contribution < -0.4 is 5.32 Å². The minimum Gasteiger partial charge on any atom is -0.348 e. The Morgan fingerprint density at radius 2 is 2.15 bits per heavy atom. The van der Waals surface area contributed by atoms with Gasteiger partial charge in [0, 0.05) is 11.7 Å². The molecule has 1 saturated heterocycles. The molecular formula is C14H22N4OS. The molecule has 110 valence electrons. The number of piperidine rings is 1. The van der Waals surface area contributed by atoms with Crippen LogP contribution in [0.25, 0.3) is 0 Å². The summed E-state index contributed by atoms with van der Waals surface area (Å²) in [5.74, 6) is 0.822. The lowest BCUT2D eigenvalue weighted by Gasteiger charge is -2.29. The van der Waals surface area contributed by atoms with Crippen molar-refractivity contribution < 1.29 is 4.79 Å². The number of nitrogens with one attached hydrogen (secondary N) is 1. The van der Waals surface area contributed by atoms with Gasteiger partial charge in [-0.25, -0.2) is 9.97 Å².